The second-order valence-corrected chi connectivity index (χ2v) is 2.04. The monoisotopic (exact) mass is 215 g/mol. The minimum absolute atomic E-state index is 0. The van der Waals surface area contributed by atoms with Crippen molar-refractivity contribution in [2.24, 2.45) is 5.73 Å². The molecule has 0 saturated heterocycles. The minimum Gasteiger partial charge on any atom is -0.399 e. The van der Waals surface area contributed by atoms with Crippen LogP contribution >= 0.6 is 17.0 Å². The normalized spacial score (nSPS) is 8.36. The minimum atomic E-state index is 0. The number of hydrogen-bond donors (Lipinski definition) is 3. The van der Waals surface area contributed by atoms with E-state index in [9.17, 15) is 0 Å². The van der Waals surface area contributed by atoms with Crippen molar-refractivity contribution in [3.05, 3.63) is 29.8 Å². The van der Waals surface area contributed by atoms with Crippen LogP contribution in [-0.2, 0) is 0 Å². The van der Waals surface area contributed by atoms with Crippen LogP contribution in [0.25, 0.3) is 0 Å². The molecule has 0 aromatic heterocycles. The molecule has 5 N–H and O–H groups in total. The highest BCUT2D eigenvalue weighted by Crippen LogP contribution is 2.03. The molecule has 0 amide bonds. The third-order valence-corrected chi connectivity index (χ3v) is 1.22. The van der Waals surface area contributed by atoms with Gasteiger partial charge in [0.2, 0.25) is 0 Å². The van der Waals surface area contributed by atoms with Crippen LogP contribution in [0.5, 0.6) is 0 Å². The van der Waals surface area contributed by atoms with E-state index in [1.54, 1.807) is 24.3 Å². The molecule has 0 spiro atoms. The summed E-state index contributed by atoms with van der Waals surface area (Å²) >= 11 is 0. The first kappa shape index (κ1) is 9.97. The van der Waals surface area contributed by atoms with Gasteiger partial charge in [0.25, 0.3) is 0 Å². The molecule has 1 aromatic rings. The highest BCUT2D eigenvalue weighted by atomic mass is 79.9. The smallest absolute Gasteiger partial charge is 0.122 e. The number of nitrogens with two attached hydrogens (primary N) is 2. The average Bonchev–Trinajstić information content (AvgIpc) is 1.88. The molecule has 0 aliphatic carbocycles. The van der Waals surface area contributed by atoms with Crippen molar-refractivity contribution in [1.82, 2.24) is 0 Å². The maximum atomic E-state index is 7.04. The van der Waals surface area contributed by atoms with Crippen LogP contribution in [0.2, 0.25) is 0 Å². The summed E-state index contributed by atoms with van der Waals surface area (Å²) < 4.78 is 0. The highest BCUT2D eigenvalue weighted by Gasteiger charge is 1.92. The van der Waals surface area contributed by atoms with Gasteiger partial charge < -0.3 is 11.5 Å². The highest BCUT2D eigenvalue weighted by molar-refractivity contribution is 8.93. The van der Waals surface area contributed by atoms with Gasteiger partial charge in [-0.2, -0.15) is 0 Å². The van der Waals surface area contributed by atoms with E-state index in [0.29, 0.717) is 11.3 Å². The molecule has 0 saturated carbocycles. The van der Waals surface area contributed by atoms with Crippen LogP contribution in [0.3, 0.4) is 0 Å². The largest absolute Gasteiger partial charge is 0.399 e. The van der Waals surface area contributed by atoms with Gasteiger partial charge in [0.05, 0.1) is 0 Å². The summed E-state index contributed by atoms with van der Waals surface area (Å²) in [5, 5.41) is 7.04. The molecular formula is C7H10BrN3. The summed E-state index contributed by atoms with van der Waals surface area (Å²) in [7, 11) is 0. The molecule has 0 aliphatic rings. The zero-order valence-electron chi connectivity index (χ0n) is 5.87. The van der Waals surface area contributed by atoms with Crippen LogP contribution in [-0.4, -0.2) is 5.84 Å². The molecule has 3 nitrogen and oxygen atoms in total. The van der Waals surface area contributed by atoms with Crippen LogP contribution in [0.1, 0.15) is 5.56 Å². The second-order valence-electron chi connectivity index (χ2n) is 2.04. The van der Waals surface area contributed by atoms with Crippen molar-refractivity contribution < 1.29 is 0 Å². The van der Waals surface area contributed by atoms with Crippen molar-refractivity contribution in [3.63, 3.8) is 0 Å². The number of nitrogens with one attached hydrogen (secondary N) is 1. The van der Waals surface area contributed by atoms with Crippen molar-refractivity contribution in [1.29, 1.82) is 5.41 Å². The molecular weight excluding hydrogens is 206 g/mol. The third kappa shape index (κ3) is 2.59. The van der Waals surface area contributed by atoms with Gasteiger partial charge in [-0.05, 0) is 24.3 Å². The lowest BCUT2D eigenvalue weighted by Crippen LogP contribution is -2.10. The Morgan fingerprint density at radius 3 is 2.00 bits per heavy atom. The molecule has 4 heteroatoms. The predicted molar refractivity (Wildman–Crippen MR) is 52.2 cm³/mol. The van der Waals surface area contributed by atoms with Gasteiger partial charge in [0.1, 0.15) is 5.84 Å². The average molecular weight is 216 g/mol. The summed E-state index contributed by atoms with van der Waals surface area (Å²) in [6.07, 6.45) is 0. The fourth-order valence-corrected chi connectivity index (χ4v) is 0.663. The number of nitrogen functional groups attached to an aromatic ring is 2. The Labute approximate surface area is 75.7 Å². The SMILES string of the molecule is Br.N=C(N)c1ccc(N)cc1. The summed E-state index contributed by atoms with van der Waals surface area (Å²) in [6.45, 7) is 0. The van der Waals surface area contributed by atoms with Crippen molar-refractivity contribution in [2.45, 2.75) is 0 Å². The zero-order chi connectivity index (χ0) is 7.56. The third-order valence-electron chi connectivity index (χ3n) is 1.22. The standard InChI is InChI=1S/C7H9N3.BrH/c8-6-3-1-5(2-4-6)7(9)10;/h1-4H,8H2,(H3,9,10);1H. The fourth-order valence-electron chi connectivity index (χ4n) is 0.663. The van der Waals surface area contributed by atoms with Crippen molar-refractivity contribution in [2.75, 3.05) is 5.73 Å². The van der Waals surface area contributed by atoms with Crippen LogP contribution in [0.4, 0.5) is 5.69 Å². The van der Waals surface area contributed by atoms with Crippen molar-refractivity contribution >= 4 is 28.5 Å². The number of amidine groups is 1. The molecule has 0 bridgehead atoms. The van der Waals surface area contributed by atoms with Crippen molar-refractivity contribution in [3.8, 4) is 0 Å². The molecule has 60 valence electrons. The molecule has 0 unspecified atom stereocenters. The number of benzene rings is 1. The zero-order valence-corrected chi connectivity index (χ0v) is 7.59. The van der Waals surface area contributed by atoms with Crippen LogP contribution < -0.4 is 11.5 Å². The van der Waals surface area contributed by atoms with Gasteiger partial charge >= 0.3 is 0 Å². The maximum absolute atomic E-state index is 7.04. The van der Waals surface area contributed by atoms with Gasteiger partial charge in [-0.3, -0.25) is 5.41 Å². The number of rotatable bonds is 1. The van der Waals surface area contributed by atoms with Crippen LogP contribution in [0, 0.1) is 5.41 Å². The van der Waals surface area contributed by atoms with Gasteiger partial charge in [-0.1, -0.05) is 0 Å². The van der Waals surface area contributed by atoms with E-state index in [1.807, 2.05) is 0 Å². The molecule has 0 heterocycles. The Hall–Kier alpha value is -1.03. The molecule has 1 rings (SSSR count). The molecule has 0 atom stereocenters. The lowest BCUT2D eigenvalue weighted by atomic mass is 10.2. The second kappa shape index (κ2) is 3.98. The molecule has 1 aromatic carbocycles. The van der Waals surface area contributed by atoms with E-state index in [-0.39, 0.29) is 22.8 Å². The summed E-state index contributed by atoms with van der Waals surface area (Å²) in [4.78, 5) is 0. The maximum Gasteiger partial charge on any atom is 0.122 e. The first-order valence-electron chi connectivity index (χ1n) is 2.90. The predicted octanol–water partition coefficient (Wildman–Crippen LogP) is 1.13. The molecule has 11 heavy (non-hydrogen) atoms. The van der Waals surface area contributed by atoms with E-state index < -0.39 is 0 Å². The fraction of sp³-hybridized carbons (Fsp3) is 0. The lowest BCUT2D eigenvalue weighted by molar-refractivity contribution is 1.42. The topological polar surface area (TPSA) is 75.9 Å². The van der Waals surface area contributed by atoms with Gasteiger partial charge in [-0.25, -0.2) is 0 Å². The summed E-state index contributed by atoms with van der Waals surface area (Å²) in [5.41, 5.74) is 12.0. The Morgan fingerprint density at radius 2 is 1.64 bits per heavy atom. The number of hydrogen-bond acceptors (Lipinski definition) is 2. The Morgan fingerprint density at radius 1 is 1.18 bits per heavy atom. The molecule has 0 aliphatic heterocycles. The van der Waals surface area contributed by atoms with E-state index in [0.717, 1.165) is 0 Å². The van der Waals surface area contributed by atoms with Gasteiger partial charge in [0, 0.05) is 11.3 Å². The Kier molecular flexibility index (Phi) is 3.60. The molecule has 0 radical (unpaired) electrons. The van der Waals surface area contributed by atoms with Crippen LogP contribution in [0.15, 0.2) is 24.3 Å². The van der Waals surface area contributed by atoms with Gasteiger partial charge in [-0.15, -0.1) is 17.0 Å². The quantitative estimate of drug-likeness (QED) is 0.374. The Balaban J connectivity index is 0.000001000. The summed E-state index contributed by atoms with van der Waals surface area (Å²) in [5.74, 6) is 0.0694. The van der Waals surface area contributed by atoms with Gasteiger partial charge in [0.15, 0.2) is 0 Å². The molecule has 0 fully saturated rings. The number of halogens is 1. The Bertz CT molecular complexity index is 242. The summed E-state index contributed by atoms with van der Waals surface area (Å²) in [6, 6.07) is 6.88. The van der Waals surface area contributed by atoms with E-state index >= 15 is 0 Å². The van der Waals surface area contributed by atoms with E-state index in [4.69, 9.17) is 16.9 Å². The first-order valence-corrected chi connectivity index (χ1v) is 2.90. The first-order chi connectivity index (χ1) is 4.70. The van der Waals surface area contributed by atoms with E-state index in [2.05, 4.69) is 0 Å². The lowest BCUT2D eigenvalue weighted by Gasteiger charge is -1.96. The number of anilines is 1. The van der Waals surface area contributed by atoms with E-state index in [1.165, 1.54) is 0 Å².